The molecule has 0 aliphatic carbocycles. The normalized spacial score (nSPS) is 34.0. The van der Waals surface area contributed by atoms with Crippen molar-refractivity contribution in [3.05, 3.63) is 22.4 Å². The Kier molecular flexibility index (Phi) is 5.10. The predicted molar refractivity (Wildman–Crippen MR) is 89.7 cm³/mol. The molecule has 0 aromatic carbocycles. The Balaban J connectivity index is 1.81. The summed E-state index contributed by atoms with van der Waals surface area (Å²) in [5, 5.41) is 13.7. The summed E-state index contributed by atoms with van der Waals surface area (Å²) < 4.78 is 34.7. The van der Waals surface area contributed by atoms with Gasteiger partial charge in [0.25, 0.3) is 10.2 Å². The fraction of sp³-hybridized carbons (Fsp3) is 0.733. The molecule has 4 atom stereocenters. The second-order valence-corrected chi connectivity index (χ2v) is 9.15. The van der Waals surface area contributed by atoms with Gasteiger partial charge in [-0.2, -0.15) is 28.4 Å². The first kappa shape index (κ1) is 17.3. The van der Waals surface area contributed by atoms with Gasteiger partial charge in [0, 0.05) is 44.1 Å². The zero-order valence-electron chi connectivity index (χ0n) is 13.5. The van der Waals surface area contributed by atoms with E-state index in [0.717, 1.165) is 5.56 Å². The van der Waals surface area contributed by atoms with E-state index in [2.05, 4.69) is 0 Å². The molecule has 0 amide bonds. The van der Waals surface area contributed by atoms with Crippen LogP contribution in [0.25, 0.3) is 0 Å². The van der Waals surface area contributed by atoms with E-state index < -0.39 is 10.2 Å². The summed E-state index contributed by atoms with van der Waals surface area (Å²) in [6.07, 6.45) is -0.0927. The topological polar surface area (TPSA) is 70.1 Å². The van der Waals surface area contributed by atoms with Crippen LogP contribution in [0.2, 0.25) is 0 Å². The third-order valence-corrected chi connectivity index (χ3v) is 7.54. The minimum absolute atomic E-state index is 0.00159. The third-order valence-electron chi connectivity index (χ3n) is 4.79. The van der Waals surface area contributed by atoms with Crippen LogP contribution in [0.5, 0.6) is 0 Å². The minimum atomic E-state index is -3.53. The van der Waals surface area contributed by atoms with E-state index >= 15 is 0 Å². The van der Waals surface area contributed by atoms with Crippen molar-refractivity contribution in [1.82, 2.24) is 8.61 Å². The molecule has 0 radical (unpaired) electrons. The van der Waals surface area contributed by atoms with Gasteiger partial charge in [0.15, 0.2) is 0 Å². The Morgan fingerprint density at radius 1 is 1.35 bits per heavy atom. The lowest BCUT2D eigenvalue weighted by Crippen LogP contribution is -2.54. The highest BCUT2D eigenvalue weighted by Gasteiger charge is 2.44. The van der Waals surface area contributed by atoms with Crippen molar-refractivity contribution in [3.8, 4) is 0 Å². The Bertz CT molecular complexity index is 619. The molecule has 3 heterocycles. The summed E-state index contributed by atoms with van der Waals surface area (Å²) in [5.74, 6) is 0.0166. The summed E-state index contributed by atoms with van der Waals surface area (Å²) in [4.78, 5) is 0. The average molecular weight is 361 g/mol. The standard InChI is InChI=1S/C15H24N2O4S2/c1-11-9-21-12(2)5-17(11)23(19,20)16-6-14(8-18)15(7-16)13-3-4-22-10-13/h3-4,10-12,14-15,18H,5-9H2,1-2H3. The molecule has 1 aromatic heterocycles. The molecule has 0 saturated carbocycles. The number of nitrogens with zero attached hydrogens (tertiary/aromatic N) is 2. The lowest BCUT2D eigenvalue weighted by atomic mass is 9.92. The van der Waals surface area contributed by atoms with E-state index in [1.54, 1.807) is 15.6 Å². The Labute approximate surface area is 141 Å². The SMILES string of the molecule is CC1CN(S(=O)(=O)N2CC(CO)C(c3ccsc3)C2)C(C)CO1. The van der Waals surface area contributed by atoms with Crippen molar-refractivity contribution in [1.29, 1.82) is 0 Å². The quantitative estimate of drug-likeness (QED) is 0.873. The van der Waals surface area contributed by atoms with Crippen LogP contribution in [-0.2, 0) is 14.9 Å². The third kappa shape index (κ3) is 3.33. The number of hydrogen-bond donors (Lipinski definition) is 1. The number of aliphatic hydroxyl groups excluding tert-OH is 1. The molecular weight excluding hydrogens is 336 g/mol. The smallest absolute Gasteiger partial charge is 0.282 e. The molecule has 1 N–H and O–H groups in total. The van der Waals surface area contributed by atoms with E-state index in [9.17, 15) is 13.5 Å². The molecule has 23 heavy (non-hydrogen) atoms. The molecule has 2 saturated heterocycles. The monoisotopic (exact) mass is 360 g/mol. The highest BCUT2D eigenvalue weighted by atomic mass is 32.2. The summed E-state index contributed by atoms with van der Waals surface area (Å²) in [6.45, 7) is 5.38. The van der Waals surface area contributed by atoms with Crippen LogP contribution in [0, 0.1) is 5.92 Å². The number of thiophene rings is 1. The maximum absolute atomic E-state index is 13.0. The maximum Gasteiger partial charge on any atom is 0.282 e. The van der Waals surface area contributed by atoms with Gasteiger partial charge in [0.05, 0.1) is 12.7 Å². The summed E-state index contributed by atoms with van der Waals surface area (Å²) in [6, 6.07) is 1.86. The van der Waals surface area contributed by atoms with Gasteiger partial charge in [-0.3, -0.25) is 0 Å². The van der Waals surface area contributed by atoms with Crippen LogP contribution in [0.4, 0.5) is 0 Å². The van der Waals surface area contributed by atoms with Gasteiger partial charge in [-0.25, -0.2) is 0 Å². The second-order valence-electron chi connectivity index (χ2n) is 6.49. The van der Waals surface area contributed by atoms with Crippen LogP contribution in [-0.4, -0.2) is 67.1 Å². The van der Waals surface area contributed by atoms with Crippen molar-refractivity contribution < 1.29 is 18.3 Å². The van der Waals surface area contributed by atoms with Gasteiger partial charge < -0.3 is 9.84 Å². The van der Waals surface area contributed by atoms with Crippen LogP contribution in [0.15, 0.2) is 16.8 Å². The molecule has 130 valence electrons. The fourth-order valence-electron chi connectivity index (χ4n) is 3.41. The molecule has 0 bridgehead atoms. The largest absolute Gasteiger partial charge is 0.396 e. The molecule has 2 aliphatic heterocycles. The zero-order chi connectivity index (χ0) is 16.6. The van der Waals surface area contributed by atoms with E-state index in [-0.39, 0.29) is 30.6 Å². The molecule has 0 spiro atoms. The Hall–Kier alpha value is -0.510. The lowest BCUT2D eigenvalue weighted by molar-refractivity contribution is -0.0189. The van der Waals surface area contributed by atoms with Crippen LogP contribution < -0.4 is 0 Å². The van der Waals surface area contributed by atoms with Gasteiger partial charge in [-0.15, -0.1) is 0 Å². The van der Waals surface area contributed by atoms with E-state index in [1.807, 2.05) is 30.7 Å². The average Bonchev–Trinajstić information content (AvgIpc) is 3.17. The van der Waals surface area contributed by atoms with E-state index in [0.29, 0.717) is 26.2 Å². The summed E-state index contributed by atoms with van der Waals surface area (Å²) >= 11 is 1.60. The first-order valence-electron chi connectivity index (χ1n) is 7.95. The molecular formula is C15H24N2O4S2. The Morgan fingerprint density at radius 3 is 2.78 bits per heavy atom. The number of morpholine rings is 1. The van der Waals surface area contributed by atoms with Crippen molar-refractivity contribution in [2.75, 3.05) is 32.8 Å². The van der Waals surface area contributed by atoms with Gasteiger partial charge in [0.2, 0.25) is 0 Å². The molecule has 1 aromatic rings. The van der Waals surface area contributed by atoms with Crippen LogP contribution in [0.3, 0.4) is 0 Å². The summed E-state index contributed by atoms with van der Waals surface area (Å²) in [5.41, 5.74) is 1.12. The van der Waals surface area contributed by atoms with Crippen molar-refractivity contribution in [2.45, 2.75) is 31.9 Å². The van der Waals surface area contributed by atoms with Gasteiger partial charge in [-0.1, -0.05) is 0 Å². The van der Waals surface area contributed by atoms with Crippen LogP contribution >= 0.6 is 11.3 Å². The van der Waals surface area contributed by atoms with E-state index in [4.69, 9.17) is 4.74 Å². The molecule has 3 rings (SSSR count). The molecule has 2 fully saturated rings. The lowest BCUT2D eigenvalue weighted by Gasteiger charge is -2.37. The number of hydrogen-bond acceptors (Lipinski definition) is 5. The zero-order valence-corrected chi connectivity index (χ0v) is 15.1. The minimum Gasteiger partial charge on any atom is -0.396 e. The predicted octanol–water partition coefficient (Wildman–Crippen LogP) is 1.11. The van der Waals surface area contributed by atoms with Gasteiger partial charge in [-0.05, 0) is 36.2 Å². The molecule has 2 aliphatic rings. The highest BCUT2D eigenvalue weighted by molar-refractivity contribution is 7.86. The first-order chi connectivity index (χ1) is 10.9. The van der Waals surface area contributed by atoms with Crippen molar-refractivity contribution in [3.63, 3.8) is 0 Å². The summed E-state index contributed by atoms with van der Waals surface area (Å²) in [7, 11) is -3.53. The van der Waals surface area contributed by atoms with Crippen molar-refractivity contribution >= 4 is 21.5 Å². The number of rotatable bonds is 4. The van der Waals surface area contributed by atoms with Gasteiger partial charge in [0.1, 0.15) is 0 Å². The second kappa shape index (κ2) is 6.78. The van der Waals surface area contributed by atoms with Crippen LogP contribution in [0.1, 0.15) is 25.3 Å². The van der Waals surface area contributed by atoms with Gasteiger partial charge >= 0.3 is 0 Å². The maximum atomic E-state index is 13.0. The highest BCUT2D eigenvalue weighted by Crippen LogP contribution is 2.36. The Morgan fingerprint density at radius 2 is 2.13 bits per heavy atom. The molecule has 8 heteroatoms. The van der Waals surface area contributed by atoms with Crippen molar-refractivity contribution in [2.24, 2.45) is 5.92 Å². The fourth-order valence-corrected chi connectivity index (χ4v) is 6.08. The molecule has 6 nitrogen and oxygen atoms in total. The number of aliphatic hydroxyl groups is 1. The first-order valence-corrected chi connectivity index (χ1v) is 10.3. The van der Waals surface area contributed by atoms with E-state index in [1.165, 1.54) is 4.31 Å². The number of ether oxygens (including phenoxy) is 1. The molecule has 4 unspecified atom stereocenters.